The van der Waals surface area contributed by atoms with E-state index in [0.29, 0.717) is 29.8 Å². The quantitative estimate of drug-likeness (QED) is 0.201. The van der Waals surface area contributed by atoms with Crippen molar-refractivity contribution in [2.75, 3.05) is 40.1 Å². The van der Waals surface area contributed by atoms with Gasteiger partial charge in [0.05, 0.1) is 6.61 Å². The van der Waals surface area contributed by atoms with E-state index in [9.17, 15) is 14.4 Å². The summed E-state index contributed by atoms with van der Waals surface area (Å²) < 4.78 is 4.88. The number of methoxy groups -OCH3 is 1. The van der Waals surface area contributed by atoms with Gasteiger partial charge in [-0.15, -0.1) is 0 Å². The highest BCUT2D eigenvalue weighted by atomic mass is 16.5. The largest absolute Gasteiger partial charge is 0.398 e. The van der Waals surface area contributed by atoms with Crippen LogP contribution in [0.4, 0.5) is 5.69 Å². The fourth-order valence-corrected chi connectivity index (χ4v) is 2.79. The van der Waals surface area contributed by atoms with Gasteiger partial charge in [0.2, 0.25) is 5.78 Å². The molecule has 0 atom stereocenters. The van der Waals surface area contributed by atoms with E-state index in [-0.39, 0.29) is 34.5 Å². The summed E-state index contributed by atoms with van der Waals surface area (Å²) in [6.45, 7) is 0.723. The van der Waals surface area contributed by atoms with Crippen LogP contribution in [0.2, 0.25) is 0 Å². The van der Waals surface area contributed by atoms with Crippen LogP contribution in [0.5, 0.6) is 0 Å². The van der Waals surface area contributed by atoms with E-state index < -0.39 is 5.78 Å². The van der Waals surface area contributed by atoms with E-state index in [4.69, 9.17) is 21.6 Å². The first-order valence-electron chi connectivity index (χ1n) is 9.74. The molecule has 0 fully saturated rings. The van der Waals surface area contributed by atoms with Gasteiger partial charge in [0.25, 0.3) is 11.8 Å². The van der Waals surface area contributed by atoms with Crippen molar-refractivity contribution in [3.63, 3.8) is 0 Å². The Balaban J connectivity index is 2.14. The Bertz CT molecular complexity index is 1060. The topological polar surface area (TPSA) is 152 Å². The zero-order valence-electron chi connectivity index (χ0n) is 18.3. The summed E-state index contributed by atoms with van der Waals surface area (Å²) in [5, 5.41) is 10.9. The summed E-state index contributed by atoms with van der Waals surface area (Å²) in [5.41, 5.74) is 13.4. The Morgan fingerprint density at radius 3 is 2.22 bits per heavy atom. The van der Waals surface area contributed by atoms with E-state index in [1.165, 1.54) is 30.2 Å². The van der Waals surface area contributed by atoms with Gasteiger partial charge < -0.3 is 26.4 Å². The maximum absolute atomic E-state index is 12.5. The van der Waals surface area contributed by atoms with Gasteiger partial charge in [-0.3, -0.25) is 19.8 Å². The molecule has 0 saturated heterocycles. The van der Waals surface area contributed by atoms with Gasteiger partial charge in [-0.05, 0) is 35.9 Å². The van der Waals surface area contributed by atoms with Crippen molar-refractivity contribution in [3.8, 4) is 0 Å². The van der Waals surface area contributed by atoms with Crippen LogP contribution in [0.1, 0.15) is 31.8 Å². The molecule has 9 heteroatoms. The molecule has 9 nitrogen and oxygen atoms in total. The number of ether oxygens (including phenoxy) is 1. The summed E-state index contributed by atoms with van der Waals surface area (Å²) in [6.07, 6.45) is 1.13. The lowest BCUT2D eigenvalue weighted by atomic mass is 10.0. The highest BCUT2D eigenvalue weighted by molar-refractivity contribution is 6.50. The van der Waals surface area contributed by atoms with Gasteiger partial charge in [-0.2, -0.15) is 0 Å². The summed E-state index contributed by atoms with van der Waals surface area (Å²) in [7, 11) is 4.84. The monoisotopic (exact) mass is 437 g/mol. The molecule has 0 heterocycles. The van der Waals surface area contributed by atoms with E-state index in [1.54, 1.807) is 38.4 Å². The first-order chi connectivity index (χ1) is 15.1. The second-order valence-corrected chi connectivity index (χ2v) is 7.17. The smallest absolute Gasteiger partial charge is 0.253 e. The molecule has 0 spiro atoms. The van der Waals surface area contributed by atoms with E-state index in [2.05, 4.69) is 5.32 Å². The number of nitrogens with one attached hydrogen (secondary N) is 2. The molecule has 0 aliphatic rings. The highest BCUT2D eigenvalue weighted by Crippen LogP contribution is 2.17. The first-order valence-corrected chi connectivity index (χ1v) is 9.74. The molecule has 0 aliphatic heterocycles. The average Bonchev–Trinajstić information content (AvgIpc) is 2.78. The molecule has 2 rings (SSSR count). The number of anilines is 1. The number of hydrogen-bond acceptors (Lipinski definition) is 7. The zero-order chi connectivity index (χ0) is 23.8. The van der Waals surface area contributed by atoms with Crippen LogP contribution in [0, 0.1) is 5.41 Å². The number of benzene rings is 2. The molecule has 2 aromatic rings. The normalized spacial score (nSPS) is 11.0. The van der Waals surface area contributed by atoms with Crippen molar-refractivity contribution in [1.29, 1.82) is 5.41 Å². The second-order valence-electron chi connectivity index (χ2n) is 7.17. The Morgan fingerprint density at radius 2 is 1.66 bits per heavy atom. The van der Waals surface area contributed by atoms with Crippen molar-refractivity contribution >= 4 is 34.7 Å². The molecule has 168 valence electrons. The maximum atomic E-state index is 12.5. The molecule has 0 unspecified atom stereocenters. The molecule has 32 heavy (non-hydrogen) atoms. The minimum Gasteiger partial charge on any atom is -0.398 e. The van der Waals surface area contributed by atoms with Crippen LogP contribution in [0.3, 0.4) is 0 Å². The van der Waals surface area contributed by atoms with Crippen LogP contribution in [-0.4, -0.2) is 62.6 Å². The van der Waals surface area contributed by atoms with Gasteiger partial charge in [-0.25, -0.2) is 0 Å². The summed E-state index contributed by atoms with van der Waals surface area (Å²) in [4.78, 5) is 38.1. The first kappa shape index (κ1) is 24.3. The minimum atomic E-state index is -0.639. The molecule has 0 aromatic heterocycles. The predicted octanol–water partition coefficient (Wildman–Crippen LogP) is 1.28. The highest BCUT2D eigenvalue weighted by Gasteiger charge is 2.16. The second kappa shape index (κ2) is 10.9. The van der Waals surface area contributed by atoms with Gasteiger partial charge in [-0.1, -0.05) is 12.1 Å². The Hall–Kier alpha value is -3.98. The molecule has 2 amide bonds. The molecule has 2 aromatic carbocycles. The van der Waals surface area contributed by atoms with E-state index in [0.717, 1.165) is 6.08 Å². The van der Waals surface area contributed by atoms with Crippen molar-refractivity contribution in [1.82, 2.24) is 10.2 Å². The Labute approximate surface area is 186 Å². The maximum Gasteiger partial charge on any atom is 0.253 e. The van der Waals surface area contributed by atoms with Crippen LogP contribution >= 0.6 is 0 Å². The lowest BCUT2D eigenvalue weighted by molar-refractivity contribution is -0.108. The lowest BCUT2D eigenvalue weighted by Gasteiger charge is -2.11. The SMILES string of the molecule is COCCNC(=O)c1ccc(C(=N)C(=O)C=C(N)c2ccc(C(=O)N(C)C)cc2)c(N)c1. The Kier molecular flexibility index (Phi) is 8.25. The predicted molar refractivity (Wildman–Crippen MR) is 124 cm³/mol. The van der Waals surface area contributed by atoms with Crippen molar-refractivity contribution in [2.24, 2.45) is 5.73 Å². The Morgan fingerprint density at radius 1 is 1.06 bits per heavy atom. The van der Waals surface area contributed by atoms with Crippen molar-refractivity contribution < 1.29 is 19.1 Å². The van der Waals surface area contributed by atoms with Crippen molar-refractivity contribution in [2.45, 2.75) is 0 Å². The third-order valence-corrected chi connectivity index (χ3v) is 4.58. The van der Waals surface area contributed by atoms with Gasteiger partial charge in [0.1, 0.15) is 5.71 Å². The molecule has 0 aliphatic carbocycles. The lowest BCUT2D eigenvalue weighted by Crippen LogP contribution is -2.27. The fourth-order valence-electron chi connectivity index (χ4n) is 2.79. The average molecular weight is 438 g/mol. The number of carbonyl (C=O) groups excluding carboxylic acids is 3. The van der Waals surface area contributed by atoms with Crippen LogP contribution in [-0.2, 0) is 9.53 Å². The number of nitrogens with two attached hydrogens (primary N) is 2. The molecule has 0 radical (unpaired) electrons. The van der Waals surface area contributed by atoms with E-state index in [1.807, 2.05) is 0 Å². The molecular formula is C23H27N5O4. The molecule has 0 bridgehead atoms. The number of carbonyl (C=O) groups is 3. The summed E-state index contributed by atoms with van der Waals surface area (Å²) in [6, 6.07) is 10.8. The third kappa shape index (κ3) is 6.02. The molecule has 6 N–H and O–H groups in total. The number of amides is 2. The number of nitrogens with zero attached hydrogens (tertiary/aromatic N) is 1. The number of allylic oxidation sites excluding steroid dienone is 1. The number of rotatable bonds is 9. The standard InChI is InChI=1S/C23H27N5O4/c1-28(2)23(31)15-6-4-14(5-7-15)18(24)13-20(29)21(26)17-9-8-16(12-19(17)25)22(30)27-10-11-32-3/h4-9,12-13,26H,10-11,24-25H2,1-3H3,(H,27,30). The third-order valence-electron chi connectivity index (χ3n) is 4.58. The molecule has 0 saturated carbocycles. The zero-order valence-corrected chi connectivity index (χ0v) is 18.3. The van der Waals surface area contributed by atoms with Crippen LogP contribution in [0.15, 0.2) is 48.5 Å². The molecular weight excluding hydrogens is 410 g/mol. The minimum absolute atomic E-state index is 0.126. The number of nitrogen functional groups attached to an aromatic ring is 1. The van der Waals surface area contributed by atoms with Gasteiger partial charge in [0, 0.05) is 61.9 Å². The summed E-state index contributed by atoms with van der Waals surface area (Å²) >= 11 is 0. The van der Waals surface area contributed by atoms with Crippen LogP contribution < -0.4 is 16.8 Å². The number of hydrogen-bond donors (Lipinski definition) is 4. The van der Waals surface area contributed by atoms with Gasteiger partial charge >= 0.3 is 0 Å². The van der Waals surface area contributed by atoms with Gasteiger partial charge in [0.15, 0.2) is 0 Å². The number of ketones is 1. The fraction of sp³-hybridized carbons (Fsp3) is 0.217. The van der Waals surface area contributed by atoms with Crippen LogP contribution in [0.25, 0.3) is 5.70 Å². The van der Waals surface area contributed by atoms with Crippen molar-refractivity contribution in [3.05, 3.63) is 70.8 Å². The van der Waals surface area contributed by atoms with E-state index >= 15 is 0 Å². The summed E-state index contributed by atoms with van der Waals surface area (Å²) in [5.74, 6) is -1.12.